The molecule has 1 heterocycles. The third-order valence-electron chi connectivity index (χ3n) is 3.35. The van der Waals surface area contributed by atoms with Gasteiger partial charge < -0.3 is 24.7 Å². The smallest absolute Gasteiger partial charge is 0.416 e. The van der Waals surface area contributed by atoms with Crippen molar-refractivity contribution >= 4 is 11.9 Å². The monoisotopic (exact) mass is 415 g/mol. The Morgan fingerprint density at radius 1 is 1.14 bits per heavy atom. The van der Waals surface area contributed by atoms with Crippen LogP contribution in [-0.2, 0) is 15.8 Å². The van der Waals surface area contributed by atoms with Gasteiger partial charge >= 0.3 is 18.1 Å². The number of furan rings is 1. The Balaban J connectivity index is 0.000000447. The number of rotatable bonds is 8. The number of nitrogens with one attached hydrogen (secondary N) is 1. The molecule has 0 amide bonds. The fourth-order valence-corrected chi connectivity index (χ4v) is 2.04. The second-order valence-electron chi connectivity index (χ2n) is 5.55. The van der Waals surface area contributed by atoms with Crippen LogP contribution >= 0.6 is 0 Å². The molecule has 1 atom stereocenters. The molecule has 1 unspecified atom stereocenters. The first kappa shape index (κ1) is 23.8. The number of halogens is 3. The van der Waals surface area contributed by atoms with Gasteiger partial charge in [0.2, 0.25) is 0 Å². The number of hydrogen-bond acceptors (Lipinski definition) is 5. The molecule has 0 aliphatic heterocycles. The number of carbonyl (C=O) groups is 2. The topological polar surface area (TPSA) is 109 Å². The molecule has 0 saturated carbocycles. The third kappa shape index (κ3) is 9.47. The van der Waals surface area contributed by atoms with E-state index in [1.807, 2.05) is 7.05 Å². The van der Waals surface area contributed by atoms with Crippen molar-refractivity contribution in [2.45, 2.75) is 18.7 Å². The van der Waals surface area contributed by atoms with E-state index in [1.165, 1.54) is 18.4 Å². The molecule has 1 aromatic carbocycles. The van der Waals surface area contributed by atoms with Crippen LogP contribution < -0.4 is 10.1 Å². The molecular formula is C19H20F3NO6. The first-order valence-electron chi connectivity index (χ1n) is 8.29. The summed E-state index contributed by atoms with van der Waals surface area (Å²) in [5.74, 6) is -1.49. The summed E-state index contributed by atoms with van der Waals surface area (Å²) in [7, 11) is 1.82. The molecule has 0 aliphatic carbocycles. The zero-order valence-corrected chi connectivity index (χ0v) is 15.3. The highest BCUT2D eigenvalue weighted by atomic mass is 19.4. The normalized spacial score (nSPS) is 12.1. The van der Waals surface area contributed by atoms with E-state index in [0.717, 1.165) is 12.1 Å². The molecule has 2 aromatic rings. The SMILES string of the molecule is CNCCC(Oc1ccc(C(F)(F)F)cc1)c1ccco1.O=C(O)C=CC(=O)O. The van der Waals surface area contributed by atoms with E-state index < -0.39 is 23.7 Å². The summed E-state index contributed by atoms with van der Waals surface area (Å²) >= 11 is 0. The summed E-state index contributed by atoms with van der Waals surface area (Å²) in [4.78, 5) is 19.1. The van der Waals surface area contributed by atoms with Crippen LogP contribution in [-0.4, -0.2) is 35.7 Å². The van der Waals surface area contributed by atoms with Crippen LogP contribution in [0.4, 0.5) is 13.2 Å². The van der Waals surface area contributed by atoms with Crippen LogP contribution in [0.3, 0.4) is 0 Å². The number of carboxylic acid groups (broad SMARTS) is 2. The van der Waals surface area contributed by atoms with E-state index >= 15 is 0 Å². The summed E-state index contributed by atoms with van der Waals surface area (Å²) in [6.07, 6.45) is -1.39. The van der Waals surface area contributed by atoms with Gasteiger partial charge in [-0.3, -0.25) is 0 Å². The maximum Gasteiger partial charge on any atom is 0.416 e. The van der Waals surface area contributed by atoms with Gasteiger partial charge in [-0.15, -0.1) is 0 Å². The molecule has 0 aliphatic rings. The lowest BCUT2D eigenvalue weighted by atomic mass is 10.2. The Labute approximate surface area is 164 Å². The Bertz CT molecular complexity index is 769. The molecule has 1 aromatic heterocycles. The molecule has 0 spiro atoms. The molecule has 0 radical (unpaired) electrons. The van der Waals surface area contributed by atoms with Gasteiger partial charge in [0.25, 0.3) is 0 Å². The maximum atomic E-state index is 12.5. The molecular weight excluding hydrogens is 395 g/mol. The molecule has 10 heteroatoms. The quantitative estimate of drug-likeness (QED) is 0.564. The fraction of sp³-hybridized carbons (Fsp3) is 0.263. The van der Waals surface area contributed by atoms with Gasteiger partial charge in [0.1, 0.15) is 11.5 Å². The Hall–Kier alpha value is -3.27. The molecule has 29 heavy (non-hydrogen) atoms. The van der Waals surface area contributed by atoms with Crippen molar-refractivity contribution in [1.82, 2.24) is 5.32 Å². The predicted molar refractivity (Wildman–Crippen MR) is 96.5 cm³/mol. The number of carboxylic acids is 2. The van der Waals surface area contributed by atoms with Crippen molar-refractivity contribution in [3.05, 3.63) is 66.1 Å². The molecule has 2 rings (SSSR count). The Morgan fingerprint density at radius 3 is 2.14 bits per heavy atom. The van der Waals surface area contributed by atoms with Crippen molar-refractivity contribution in [1.29, 1.82) is 0 Å². The van der Waals surface area contributed by atoms with E-state index in [0.29, 0.717) is 36.6 Å². The second kappa shape index (κ2) is 11.5. The Kier molecular flexibility index (Phi) is 9.46. The van der Waals surface area contributed by atoms with Crippen molar-refractivity contribution in [3.8, 4) is 5.75 Å². The van der Waals surface area contributed by atoms with Crippen molar-refractivity contribution in [2.75, 3.05) is 13.6 Å². The average Bonchev–Trinajstić information content (AvgIpc) is 3.18. The van der Waals surface area contributed by atoms with Gasteiger partial charge in [-0.1, -0.05) is 0 Å². The number of aliphatic carboxylic acids is 2. The highest BCUT2D eigenvalue weighted by Gasteiger charge is 2.30. The van der Waals surface area contributed by atoms with Crippen LogP contribution in [0.2, 0.25) is 0 Å². The summed E-state index contributed by atoms with van der Waals surface area (Å²) < 4.78 is 48.6. The molecule has 0 fully saturated rings. The van der Waals surface area contributed by atoms with E-state index in [4.69, 9.17) is 19.4 Å². The summed E-state index contributed by atoms with van der Waals surface area (Å²) in [6.45, 7) is 0.700. The number of hydrogen-bond donors (Lipinski definition) is 3. The fourth-order valence-electron chi connectivity index (χ4n) is 2.04. The molecule has 7 nitrogen and oxygen atoms in total. The van der Waals surface area contributed by atoms with E-state index in [2.05, 4.69) is 5.32 Å². The standard InChI is InChI=1S/C15H16F3NO2.C4H4O4/c1-19-9-8-14(13-3-2-10-20-13)21-12-6-4-11(5-7-12)15(16,17)18;5-3(6)1-2-4(7)8/h2-7,10,14,19H,8-9H2,1H3;1-2H,(H,5,6)(H,7,8). The summed E-state index contributed by atoms with van der Waals surface area (Å²) in [6, 6.07) is 8.18. The number of benzene rings is 1. The molecule has 0 bridgehead atoms. The van der Waals surface area contributed by atoms with E-state index in [-0.39, 0.29) is 6.10 Å². The van der Waals surface area contributed by atoms with Crippen LogP contribution in [0.25, 0.3) is 0 Å². The zero-order chi connectivity index (χ0) is 21.9. The van der Waals surface area contributed by atoms with Gasteiger partial charge in [-0.05, 0) is 50.0 Å². The van der Waals surface area contributed by atoms with Crippen molar-refractivity contribution in [3.63, 3.8) is 0 Å². The largest absolute Gasteiger partial charge is 0.482 e. The zero-order valence-electron chi connectivity index (χ0n) is 15.3. The van der Waals surface area contributed by atoms with Crippen LogP contribution in [0, 0.1) is 0 Å². The van der Waals surface area contributed by atoms with Crippen LogP contribution in [0.5, 0.6) is 5.75 Å². The average molecular weight is 415 g/mol. The number of alkyl halides is 3. The lowest BCUT2D eigenvalue weighted by Crippen LogP contribution is -2.16. The molecule has 0 saturated heterocycles. The van der Waals surface area contributed by atoms with Gasteiger partial charge in [-0.2, -0.15) is 13.2 Å². The van der Waals surface area contributed by atoms with Gasteiger partial charge in [0.05, 0.1) is 11.8 Å². The van der Waals surface area contributed by atoms with Crippen molar-refractivity contribution in [2.24, 2.45) is 0 Å². The lowest BCUT2D eigenvalue weighted by molar-refractivity contribution is -0.137. The van der Waals surface area contributed by atoms with Crippen molar-refractivity contribution < 1.29 is 42.1 Å². The first-order valence-corrected chi connectivity index (χ1v) is 8.29. The Morgan fingerprint density at radius 2 is 1.72 bits per heavy atom. The summed E-state index contributed by atoms with van der Waals surface area (Å²) in [5.41, 5.74) is -0.695. The molecule has 3 N–H and O–H groups in total. The maximum absolute atomic E-state index is 12.5. The minimum Gasteiger partial charge on any atom is -0.482 e. The van der Waals surface area contributed by atoms with Gasteiger partial charge in [0.15, 0.2) is 6.10 Å². The first-order chi connectivity index (χ1) is 13.6. The predicted octanol–water partition coefficient (Wildman–Crippen LogP) is 3.74. The van der Waals surface area contributed by atoms with Crippen LogP contribution in [0.15, 0.2) is 59.2 Å². The van der Waals surface area contributed by atoms with E-state index in [1.54, 1.807) is 12.1 Å². The highest BCUT2D eigenvalue weighted by molar-refractivity contribution is 5.89. The van der Waals surface area contributed by atoms with Gasteiger partial charge in [0, 0.05) is 18.6 Å². The minimum atomic E-state index is -4.34. The third-order valence-corrected chi connectivity index (χ3v) is 3.35. The van der Waals surface area contributed by atoms with E-state index in [9.17, 15) is 22.8 Å². The number of ether oxygens (including phenoxy) is 1. The lowest BCUT2D eigenvalue weighted by Gasteiger charge is -2.17. The van der Waals surface area contributed by atoms with Gasteiger partial charge in [-0.25, -0.2) is 9.59 Å². The highest BCUT2D eigenvalue weighted by Crippen LogP contribution is 2.31. The van der Waals surface area contributed by atoms with Crippen LogP contribution in [0.1, 0.15) is 23.8 Å². The summed E-state index contributed by atoms with van der Waals surface area (Å²) in [5, 5.41) is 18.6. The second-order valence-corrected chi connectivity index (χ2v) is 5.55. The molecule has 158 valence electrons. The minimum absolute atomic E-state index is 0.343.